The van der Waals surface area contributed by atoms with Crippen LogP contribution in [0.5, 0.6) is 0 Å². The zero-order valence-electron chi connectivity index (χ0n) is 20.3. The molecule has 0 radical (unpaired) electrons. The van der Waals surface area contributed by atoms with Crippen LogP contribution in [-0.4, -0.2) is 0 Å². The predicted octanol–water partition coefficient (Wildman–Crippen LogP) is 9.41. The molecule has 4 aliphatic rings. The van der Waals surface area contributed by atoms with E-state index in [1.165, 1.54) is 71.2 Å². The van der Waals surface area contributed by atoms with Crippen LogP contribution in [0.15, 0.2) is 108 Å². The molecule has 9 rings (SSSR count). The first-order valence-corrected chi connectivity index (χ1v) is 13.6. The second kappa shape index (κ2) is 7.08. The van der Waals surface area contributed by atoms with E-state index in [0.717, 1.165) is 0 Å². The van der Waals surface area contributed by atoms with Gasteiger partial charge in [0.1, 0.15) is 0 Å². The highest BCUT2D eigenvalue weighted by Gasteiger charge is 2.44. The molecule has 1 heteroatoms. The Hall–Kier alpha value is -3.42. The fraction of sp³-hybridized carbons (Fsp3) is 0.143. The fourth-order valence-electron chi connectivity index (χ4n) is 7.46. The summed E-state index contributed by atoms with van der Waals surface area (Å²) in [5.74, 6) is 0.498. The van der Waals surface area contributed by atoms with Crippen molar-refractivity contribution in [2.24, 2.45) is 0 Å². The van der Waals surface area contributed by atoms with Crippen molar-refractivity contribution in [1.29, 1.82) is 0 Å². The molecule has 0 fully saturated rings. The third-order valence-electron chi connectivity index (χ3n) is 8.95. The van der Waals surface area contributed by atoms with Gasteiger partial charge in [-0.1, -0.05) is 127 Å². The van der Waals surface area contributed by atoms with E-state index < -0.39 is 0 Å². The first-order valence-electron chi connectivity index (χ1n) is 12.8. The topological polar surface area (TPSA) is 0 Å². The Morgan fingerprint density at radius 2 is 1.03 bits per heavy atom. The second-order valence-electron chi connectivity index (χ2n) is 10.9. The molecule has 0 unspecified atom stereocenters. The molecule has 0 atom stereocenters. The largest absolute Gasteiger partial charge is 0.0619 e. The van der Waals surface area contributed by atoms with E-state index >= 15 is 0 Å². The van der Waals surface area contributed by atoms with Gasteiger partial charge in [0.25, 0.3) is 0 Å². The molecule has 2 bridgehead atoms. The molecule has 4 aliphatic carbocycles. The molecule has 0 heterocycles. The minimum Gasteiger partial charge on any atom is -0.0619 e. The number of halogens is 1. The van der Waals surface area contributed by atoms with Crippen molar-refractivity contribution in [2.75, 3.05) is 0 Å². The van der Waals surface area contributed by atoms with Crippen LogP contribution in [0.4, 0.5) is 0 Å². The molecule has 172 valence electrons. The van der Waals surface area contributed by atoms with Crippen molar-refractivity contribution in [1.82, 2.24) is 0 Å². The van der Waals surface area contributed by atoms with Crippen LogP contribution in [0.3, 0.4) is 0 Å². The van der Waals surface area contributed by atoms with Gasteiger partial charge in [-0.25, -0.2) is 0 Å². The van der Waals surface area contributed by atoms with Crippen molar-refractivity contribution < 1.29 is 0 Å². The van der Waals surface area contributed by atoms with Crippen LogP contribution in [0.25, 0.3) is 22.3 Å². The first-order chi connectivity index (χ1) is 17.6. The van der Waals surface area contributed by atoms with E-state index in [4.69, 9.17) is 0 Å². The van der Waals surface area contributed by atoms with Gasteiger partial charge in [0.05, 0.1) is 0 Å². The molecule has 0 aliphatic heterocycles. The summed E-state index contributed by atoms with van der Waals surface area (Å²) >= 11 is 4.00. The summed E-state index contributed by atoms with van der Waals surface area (Å²) in [5.41, 5.74) is 17.1. The van der Waals surface area contributed by atoms with Crippen LogP contribution >= 0.6 is 15.9 Å². The summed E-state index contributed by atoms with van der Waals surface area (Å²) in [6, 6.07) is 38.8. The average molecular weight is 525 g/mol. The second-order valence-corrected chi connectivity index (χ2v) is 11.8. The lowest BCUT2D eigenvalue weighted by Crippen LogP contribution is -2.28. The molecule has 0 amide bonds. The highest BCUT2D eigenvalue weighted by atomic mass is 79.9. The van der Waals surface area contributed by atoms with Gasteiger partial charge in [0, 0.05) is 21.7 Å². The molecule has 5 aromatic rings. The molecule has 0 saturated carbocycles. The Bertz CT molecular complexity index is 1690. The van der Waals surface area contributed by atoms with Crippen LogP contribution in [-0.2, 0) is 5.41 Å². The number of hydrogen-bond donors (Lipinski definition) is 0. The Morgan fingerprint density at radius 1 is 0.500 bits per heavy atom. The lowest BCUT2D eigenvalue weighted by molar-refractivity contribution is 0.660. The van der Waals surface area contributed by atoms with Crippen LogP contribution in [0.1, 0.15) is 70.2 Å². The third-order valence-corrected chi connectivity index (χ3v) is 9.64. The molecule has 36 heavy (non-hydrogen) atoms. The lowest BCUT2D eigenvalue weighted by Gasteiger charge is -2.43. The number of rotatable bonds is 1. The fourth-order valence-corrected chi connectivity index (χ4v) is 8.03. The number of hydrogen-bond acceptors (Lipinski definition) is 0. The standard InChI is InChI=1S/C35H25Br/c1-35(2)27-16-8-7-14-26(27)30-20(15-9-17-28(30)35)25-18-19-29(36)34-32-23-12-5-3-10-21(23)31(33(25)34)22-11-4-6-13-24(22)32/h3-19,31-32H,1-2H3. The van der Waals surface area contributed by atoms with E-state index in [0.29, 0.717) is 0 Å². The van der Waals surface area contributed by atoms with Gasteiger partial charge in [-0.05, 0) is 72.8 Å². The summed E-state index contributed by atoms with van der Waals surface area (Å²) in [7, 11) is 0. The summed E-state index contributed by atoms with van der Waals surface area (Å²) in [6.07, 6.45) is 0. The van der Waals surface area contributed by atoms with Gasteiger partial charge in [-0.2, -0.15) is 0 Å². The maximum Gasteiger partial charge on any atom is 0.0360 e. The van der Waals surface area contributed by atoms with Gasteiger partial charge in [0.2, 0.25) is 0 Å². The Labute approximate surface area is 220 Å². The van der Waals surface area contributed by atoms with Gasteiger partial charge in [-0.15, -0.1) is 0 Å². The molecule has 0 spiro atoms. The van der Waals surface area contributed by atoms with Crippen molar-refractivity contribution >= 4 is 15.9 Å². The van der Waals surface area contributed by atoms with Crippen molar-refractivity contribution in [3.8, 4) is 22.3 Å². The van der Waals surface area contributed by atoms with E-state index in [1.54, 1.807) is 0 Å². The summed E-state index contributed by atoms with van der Waals surface area (Å²) in [6.45, 7) is 4.74. The first kappa shape index (κ1) is 20.7. The van der Waals surface area contributed by atoms with Crippen molar-refractivity contribution in [2.45, 2.75) is 31.1 Å². The zero-order chi connectivity index (χ0) is 24.2. The van der Waals surface area contributed by atoms with Gasteiger partial charge in [-0.3, -0.25) is 0 Å². The van der Waals surface area contributed by atoms with Gasteiger partial charge >= 0.3 is 0 Å². The monoisotopic (exact) mass is 524 g/mol. The van der Waals surface area contributed by atoms with Crippen molar-refractivity contribution in [3.05, 3.63) is 152 Å². The normalized spacial score (nSPS) is 19.2. The number of fused-ring (bicyclic) bond motifs is 3. The van der Waals surface area contributed by atoms with Crippen LogP contribution in [0.2, 0.25) is 0 Å². The number of benzene rings is 5. The average Bonchev–Trinajstić information content (AvgIpc) is 3.16. The van der Waals surface area contributed by atoms with E-state index in [1.807, 2.05) is 0 Å². The maximum atomic E-state index is 4.00. The van der Waals surface area contributed by atoms with Crippen molar-refractivity contribution in [3.63, 3.8) is 0 Å². The quantitative estimate of drug-likeness (QED) is 0.200. The van der Waals surface area contributed by atoms with E-state index in [2.05, 4.69) is 133 Å². The highest BCUT2D eigenvalue weighted by molar-refractivity contribution is 9.10. The Morgan fingerprint density at radius 3 is 1.69 bits per heavy atom. The van der Waals surface area contributed by atoms with Crippen LogP contribution < -0.4 is 0 Å². The van der Waals surface area contributed by atoms with Crippen LogP contribution in [0, 0.1) is 0 Å². The summed E-state index contributed by atoms with van der Waals surface area (Å²) in [5, 5.41) is 0. The minimum absolute atomic E-state index is 0.00440. The Balaban J connectivity index is 1.48. The molecule has 0 aromatic heterocycles. The maximum absolute atomic E-state index is 4.00. The molecule has 0 saturated heterocycles. The SMILES string of the molecule is CC1(C)c2ccccc2-c2c(-c3ccc(Br)c4c3C3c5ccccc5C4c4ccccc43)cccc21. The highest BCUT2D eigenvalue weighted by Crippen LogP contribution is 2.60. The van der Waals surface area contributed by atoms with Gasteiger partial charge < -0.3 is 0 Å². The third kappa shape index (κ3) is 2.45. The summed E-state index contributed by atoms with van der Waals surface area (Å²) in [4.78, 5) is 0. The minimum atomic E-state index is -0.00440. The molecule has 5 aromatic carbocycles. The molecular weight excluding hydrogens is 500 g/mol. The smallest absolute Gasteiger partial charge is 0.0360 e. The van der Waals surface area contributed by atoms with E-state index in [9.17, 15) is 0 Å². The summed E-state index contributed by atoms with van der Waals surface area (Å²) < 4.78 is 1.22. The lowest BCUT2D eigenvalue weighted by atomic mass is 9.60. The molecule has 0 N–H and O–H groups in total. The molecular formula is C35H25Br. The Kier molecular flexibility index (Phi) is 4.08. The van der Waals surface area contributed by atoms with Gasteiger partial charge in [0.15, 0.2) is 0 Å². The van der Waals surface area contributed by atoms with E-state index in [-0.39, 0.29) is 17.3 Å². The zero-order valence-corrected chi connectivity index (χ0v) is 21.9. The predicted molar refractivity (Wildman–Crippen MR) is 152 cm³/mol. The molecule has 0 nitrogen and oxygen atoms in total.